The van der Waals surface area contributed by atoms with Gasteiger partial charge in [-0.25, -0.2) is 17.2 Å². The Hall–Kier alpha value is -1.54. The highest BCUT2D eigenvalue weighted by atomic mass is 32.2. The number of hydrogen-bond donors (Lipinski definition) is 1. The molecule has 5 nitrogen and oxygen atoms in total. The van der Waals surface area contributed by atoms with Gasteiger partial charge in [0.25, 0.3) is 0 Å². The fraction of sp³-hybridized carbons (Fsp3) is 0.417. The van der Waals surface area contributed by atoms with Crippen LogP contribution < -0.4 is 0 Å². The minimum atomic E-state index is -4.28. The number of halogens is 2. The number of carboxylic acids is 1. The first-order valence-corrected chi connectivity index (χ1v) is 7.32. The predicted octanol–water partition coefficient (Wildman–Crippen LogP) is 1.70. The lowest BCUT2D eigenvalue weighted by atomic mass is 10.2. The molecule has 0 aliphatic rings. The summed E-state index contributed by atoms with van der Waals surface area (Å²) >= 11 is 0. The summed E-state index contributed by atoms with van der Waals surface area (Å²) in [4.78, 5) is 9.99. The molecular weight excluding hydrogens is 292 g/mol. The Morgan fingerprint density at radius 2 is 2.00 bits per heavy atom. The average Bonchev–Trinajstić information content (AvgIpc) is 2.37. The fourth-order valence-electron chi connectivity index (χ4n) is 1.59. The lowest BCUT2D eigenvalue weighted by Crippen LogP contribution is -2.37. The van der Waals surface area contributed by atoms with Gasteiger partial charge in [-0.1, -0.05) is 13.8 Å². The van der Waals surface area contributed by atoms with Crippen LogP contribution in [0.4, 0.5) is 8.78 Å². The van der Waals surface area contributed by atoms with E-state index in [9.17, 15) is 22.0 Å². The number of sulfonamides is 1. The van der Waals surface area contributed by atoms with Crippen molar-refractivity contribution < 1.29 is 27.1 Å². The normalized spacial score (nSPS) is 13.4. The Labute approximate surface area is 115 Å². The smallest absolute Gasteiger partial charge is 0.307 e. The highest BCUT2D eigenvalue weighted by Crippen LogP contribution is 2.21. The van der Waals surface area contributed by atoms with Gasteiger partial charge in [0.05, 0.1) is 5.92 Å². The van der Waals surface area contributed by atoms with Crippen molar-refractivity contribution in [2.24, 2.45) is 5.92 Å². The predicted molar refractivity (Wildman–Crippen MR) is 67.6 cm³/mol. The molecule has 0 radical (unpaired) electrons. The molecule has 0 aromatic heterocycles. The SMILES string of the molecule is CCN(CC(C)C(=O)O)S(=O)(=O)c1cc(F)ccc1F. The molecule has 8 heteroatoms. The molecule has 0 fully saturated rings. The fourth-order valence-corrected chi connectivity index (χ4v) is 3.21. The number of hydrogen-bond acceptors (Lipinski definition) is 3. The van der Waals surface area contributed by atoms with Crippen LogP contribution in [0.3, 0.4) is 0 Å². The maximum absolute atomic E-state index is 13.6. The van der Waals surface area contributed by atoms with Crippen molar-refractivity contribution in [2.75, 3.05) is 13.1 Å². The first-order chi connectivity index (χ1) is 9.20. The highest BCUT2D eigenvalue weighted by molar-refractivity contribution is 7.89. The van der Waals surface area contributed by atoms with E-state index in [0.717, 1.165) is 16.4 Å². The van der Waals surface area contributed by atoms with E-state index < -0.39 is 38.4 Å². The second-order valence-electron chi connectivity index (χ2n) is 4.27. The minimum Gasteiger partial charge on any atom is -0.481 e. The number of nitrogens with zero attached hydrogens (tertiary/aromatic N) is 1. The molecule has 112 valence electrons. The largest absolute Gasteiger partial charge is 0.481 e. The van der Waals surface area contributed by atoms with Gasteiger partial charge in [-0.2, -0.15) is 4.31 Å². The maximum atomic E-state index is 13.6. The van der Waals surface area contributed by atoms with Gasteiger partial charge in [-0.3, -0.25) is 4.79 Å². The van der Waals surface area contributed by atoms with Crippen molar-refractivity contribution in [2.45, 2.75) is 18.7 Å². The first kappa shape index (κ1) is 16.5. The van der Waals surface area contributed by atoms with Gasteiger partial charge in [0.2, 0.25) is 10.0 Å². The second kappa shape index (κ2) is 6.27. The van der Waals surface area contributed by atoms with Crippen molar-refractivity contribution in [1.82, 2.24) is 4.31 Å². The summed E-state index contributed by atoms with van der Waals surface area (Å²) in [6.45, 7) is 2.46. The molecular formula is C12H15F2NO4S. The standard InChI is InChI=1S/C12H15F2NO4S/c1-3-15(7-8(2)12(16)17)20(18,19)11-6-9(13)4-5-10(11)14/h4-6,8H,3,7H2,1-2H3,(H,16,17). The number of carbonyl (C=O) groups is 1. The van der Waals surface area contributed by atoms with Crippen molar-refractivity contribution in [3.8, 4) is 0 Å². The molecule has 0 aliphatic carbocycles. The summed E-state index contributed by atoms with van der Waals surface area (Å²) in [5.41, 5.74) is 0. The van der Waals surface area contributed by atoms with E-state index in [1.54, 1.807) is 0 Å². The van der Waals surface area contributed by atoms with E-state index in [0.29, 0.717) is 6.07 Å². The molecule has 0 bridgehead atoms. The van der Waals surface area contributed by atoms with Gasteiger partial charge in [-0.15, -0.1) is 0 Å². The number of rotatable bonds is 6. The molecule has 20 heavy (non-hydrogen) atoms. The van der Waals surface area contributed by atoms with Crippen LogP contribution in [0.2, 0.25) is 0 Å². The van der Waals surface area contributed by atoms with E-state index in [1.165, 1.54) is 13.8 Å². The van der Waals surface area contributed by atoms with Crippen LogP contribution in [-0.4, -0.2) is 36.9 Å². The highest BCUT2D eigenvalue weighted by Gasteiger charge is 2.29. The van der Waals surface area contributed by atoms with E-state index in [4.69, 9.17) is 5.11 Å². The zero-order valence-electron chi connectivity index (χ0n) is 11.0. The summed E-state index contributed by atoms with van der Waals surface area (Å²) in [6.07, 6.45) is 0. The van der Waals surface area contributed by atoms with Crippen molar-refractivity contribution in [3.63, 3.8) is 0 Å². The molecule has 1 atom stereocenters. The quantitative estimate of drug-likeness (QED) is 0.868. The van der Waals surface area contributed by atoms with Crippen LogP contribution >= 0.6 is 0 Å². The van der Waals surface area contributed by atoms with Gasteiger partial charge in [0.15, 0.2) is 0 Å². The monoisotopic (exact) mass is 307 g/mol. The lowest BCUT2D eigenvalue weighted by Gasteiger charge is -2.22. The van der Waals surface area contributed by atoms with E-state index in [2.05, 4.69) is 0 Å². The van der Waals surface area contributed by atoms with Gasteiger partial charge in [0, 0.05) is 13.1 Å². The molecule has 0 spiro atoms. The molecule has 0 saturated heterocycles. The molecule has 1 aromatic rings. The minimum absolute atomic E-state index is 0.0457. The van der Waals surface area contributed by atoms with Gasteiger partial charge in [0.1, 0.15) is 16.5 Å². The molecule has 0 aliphatic heterocycles. The van der Waals surface area contributed by atoms with Crippen LogP contribution in [0.25, 0.3) is 0 Å². The number of carboxylic acid groups (broad SMARTS) is 1. The third-order valence-electron chi connectivity index (χ3n) is 2.76. The zero-order chi connectivity index (χ0) is 15.5. The third-order valence-corrected chi connectivity index (χ3v) is 4.72. The van der Waals surface area contributed by atoms with Crippen molar-refractivity contribution >= 4 is 16.0 Å². The van der Waals surface area contributed by atoms with Gasteiger partial charge >= 0.3 is 5.97 Å². The van der Waals surface area contributed by atoms with Gasteiger partial charge in [-0.05, 0) is 18.2 Å². The van der Waals surface area contributed by atoms with E-state index >= 15 is 0 Å². The molecule has 1 unspecified atom stereocenters. The second-order valence-corrected chi connectivity index (χ2v) is 6.18. The Morgan fingerprint density at radius 1 is 1.40 bits per heavy atom. The summed E-state index contributed by atoms with van der Waals surface area (Å²) in [5, 5.41) is 8.81. The molecule has 0 amide bonds. The average molecular weight is 307 g/mol. The Bertz CT molecular complexity index is 603. The Kier molecular flexibility index (Phi) is 5.18. The lowest BCUT2D eigenvalue weighted by molar-refractivity contribution is -0.141. The Balaban J connectivity index is 3.18. The first-order valence-electron chi connectivity index (χ1n) is 5.88. The Morgan fingerprint density at radius 3 is 2.50 bits per heavy atom. The summed E-state index contributed by atoms with van der Waals surface area (Å²) in [7, 11) is -4.28. The van der Waals surface area contributed by atoms with E-state index in [-0.39, 0.29) is 13.1 Å². The summed E-state index contributed by atoms with van der Waals surface area (Å²) < 4.78 is 51.9. The van der Waals surface area contributed by atoms with Crippen LogP contribution in [-0.2, 0) is 14.8 Å². The van der Waals surface area contributed by atoms with Crippen LogP contribution in [0.15, 0.2) is 23.1 Å². The van der Waals surface area contributed by atoms with Crippen LogP contribution in [0.1, 0.15) is 13.8 Å². The maximum Gasteiger partial charge on any atom is 0.307 e. The summed E-state index contributed by atoms with van der Waals surface area (Å²) in [5.74, 6) is -4.08. The van der Waals surface area contributed by atoms with Crippen molar-refractivity contribution in [3.05, 3.63) is 29.8 Å². The van der Waals surface area contributed by atoms with Crippen LogP contribution in [0.5, 0.6) is 0 Å². The topological polar surface area (TPSA) is 74.7 Å². The molecule has 1 rings (SSSR count). The van der Waals surface area contributed by atoms with Crippen LogP contribution in [0, 0.1) is 17.6 Å². The number of aliphatic carboxylic acids is 1. The molecule has 0 saturated carbocycles. The van der Waals surface area contributed by atoms with Crippen molar-refractivity contribution in [1.29, 1.82) is 0 Å². The number of benzene rings is 1. The molecule has 1 aromatic carbocycles. The molecule has 1 N–H and O–H groups in total. The summed E-state index contributed by atoms with van der Waals surface area (Å²) in [6, 6.07) is 2.11. The zero-order valence-corrected chi connectivity index (χ0v) is 11.8. The third kappa shape index (κ3) is 3.51. The van der Waals surface area contributed by atoms with E-state index in [1.807, 2.05) is 0 Å². The van der Waals surface area contributed by atoms with Gasteiger partial charge < -0.3 is 5.11 Å². The molecule has 0 heterocycles.